The molecule has 2 N–H and O–H groups in total. The van der Waals surface area contributed by atoms with E-state index in [2.05, 4.69) is 57.1 Å². The molecule has 4 heterocycles. The molecule has 1 fully saturated rings. The average molecular weight is 861 g/mol. The zero-order valence-electron chi connectivity index (χ0n) is 36.8. The van der Waals surface area contributed by atoms with E-state index in [1.54, 1.807) is 28.9 Å². The molecule has 18 heteroatoms. The quantitative estimate of drug-likeness (QED) is 0.0919. The molecule has 1 saturated heterocycles. The molecule has 0 bridgehead atoms. The minimum absolute atomic E-state index is 0.0728. The number of hydrogen-bond donors (Lipinski definition) is 2. The summed E-state index contributed by atoms with van der Waals surface area (Å²) in [5.74, 6) is 6.85. The van der Waals surface area contributed by atoms with E-state index in [0.717, 1.165) is 6.04 Å². The lowest BCUT2D eigenvalue weighted by atomic mass is 9.97. The number of pyridine rings is 1. The molecule has 0 spiro atoms. The molecule has 1 amide bonds. The molecule has 59 heavy (non-hydrogen) atoms. The lowest BCUT2D eigenvalue weighted by Crippen LogP contribution is -2.43. The van der Waals surface area contributed by atoms with Gasteiger partial charge >= 0.3 is 12.3 Å². The Morgan fingerprint density at radius 2 is 1.69 bits per heavy atom. The van der Waals surface area contributed by atoms with Crippen molar-refractivity contribution in [2.24, 2.45) is 13.0 Å². The van der Waals surface area contributed by atoms with Crippen molar-refractivity contribution < 1.29 is 31.9 Å². The molecule has 326 valence electrons. The van der Waals surface area contributed by atoms with Crippen molar-refractivity contribution in [3.8, 4) is 23.2 Å². The number of ether oxygens (including phenoxy) is 2. The second-order valence-corrected chi connectivity index (χ2v) is 29.2. The molecule has 13 nitrogen and oxygen atoms in total. The van der Waals surface area contributed by atoms with Crippen molar-refractivity contribution in [2.45, 2.75) is 129 Å². The summed E-state index contributed by atoms with van der Waals surface area (Å²) in [6.07, 6.45) is 0.428. The maximum absolute atomic E-state index is 14.7. The van der Waals surface area contributed by atoms with E-state index >= 15 is 0 Å². The number of amides is 1. The fourth-order valence-corrected chi connectivity index (χ4v) is 7.51. The predicted octanol–water partition coefficient (Wildman–Crippen LogP) is 8.85. The summed E-state index contributed by atoms with van der Waals surface area (Å²) in [6, 6.07) is 2.10. The maximum atomic E-state index is 14.7. The van der Waals surface area contributed by atoms with Gasteiger partial charge in [0.15, 0.2) is 14.1 Å². The lowest BCUT2D eigenvalue weighted by Gasteiger charge is -2.36. The summed E-state index contributed by atoms with van der Waals surface area (Å²) in [5.41, 5.74) is -0.250. The second kappa shape index (κ2) is 19.0. The summed E-state index contributed by atoms with van der Waals surface area (Å²) in [6.45, 7) is 24.0. The molecule has 0 aromatic carbocycles. The van der Waals surface area contributed by atoms with Gasteiger partial charge in [-0.15, -0.1) is 0 Å². The summed E-state index contributed by atoms with van der Waals surface area (Å²) >= 11 is 0. The summed E-state index contributed by atoms with van der Waals surface area (Å²) in [4.78, 5) is 40.8. The largest absolute Gasteiger partial charge is 0.444 e. The second-order valence-electron chi connectivity index (χ2n) is 18.8. The molecular weight excluding hydrogens is 798 g/mol. The van der Waals surface area contributed by atoms with E-state index < -0.39 is 34.2 Å². The topological polar surface area (TPSA) is 138 Å². The number of anilines is 3. The predicted molar refractivity (Wildman–Crippen MR) is 231 cm³/mol. The van der Waals surface area contributed by atoms with E-state index in [1.807, 2.05) is 54.6 Å². The van der Waals surface area contributed by atoms with Crippen LogP contribution < -0.4 is 16.2 Å². The van der Waals surface area contributed by atoms with Crippen molar-refractivity contribution in [3.05, 3.63) is 46.6 Å². The number of alkyl halides is 3. The van der Waals surface area contributed by atoms with E-state index in [9.17, 15) is 22.8 Å². The van der Waals surface area contributed by atoms with Gasteiger partial charge in [-0.3, -0.25) is 14.2 Å². The summed E-state index contributed by atoms with van der Waals surface area (Å²) < 4.78 is 64.5. The first kappa shape index (κ1) is 47.5. The Hall–Kier alpha value is -4.19. The molecule has 0 aliphatic carbocycles. The molecule has 3 aromatic rings. The third-order valence-corrected chi connectivity index (χ3v) is 16.7. The number of rotatable bonds is 14. The molecular formula is C41H63F3N8O5Si2. The fourth-order valence-electron chi connectivity index (χ4n) is 5.69. The van der Waals surface area contributed by atoms with Crippen LogP contribution in [0.3, 0.4) is 0 Å². The van der Waals surface area contributed by atoms with Crippen LogP contribution in [0.15, 0.2) is 35.5 Å². The Bertz CT molecular complexity index is 2020. The average Bonchev–Trinajstić information content (AvgIpc) is 3.39. The molecule has 1 atom stereocenters. The first-order chi connectivity index (χ1) is 27.2. The van der Waals surface area contributed by atoms with Gasteiger partial charge in [-0.05, 0) is 70.3 Å². The van der Waals surface area contributed by atoms with E-state index in [4.69, 9.17) is 13.9 Å². The zero-order chi connectivity index (χ0) is 44.0. The Labute approximate surface area is 349 Å². The Morgan fingerprint density at radius 1 is 1.02 bits per heavy atom. The number of nitrogens with zero attached hydrogens (tertiary/aromatic N) is 6. The standard InChI is InChI=1S/C41H63F3N8O5Si2/c1-39(2,3)57-38(54)51-20-16-29(17-21-51)13-14-30-26-46-35(25-32(30)47-33(41(42,43)44)18-22-56-59(11,12)40(4,5)6)48-34-15-19-45-36(49-34)31-27-52(50(7)37(31)53)28-55-23-24-58(8,9)10/h15,19,25-27,29,33H,16-18,20-24,28H2,1-12H3,(H2,45,46,47,48,49). The van der Waals surface area contributed by atoms with Gasteiger partial charge in [0.25, 0.3) is 5.56 Å². The number of aromatic nitrogens is 5. The van der Waals surface area contributed by atoms with Crippen LogP contribution in [0, 0.1) is 17.8 Å². The van der Waals surface area contributed by atoms with Gasteiger partial charge in [0.05, 0.1) is 11.3 Å². The number of piperidine rings is 1. The van der Waals surface area contributed by atoms with Gasteiger partial charge in [-0.25, -0.2) is 19.7 Å². The maximum Gasteiger partial charge on any atom is 0.410 e. The minimum Gasteiger partial charge on any atom is -0.444 e. The van der Waals surface area contributed by atoms with Crippen LogP contribution in [0.5, 0.6) is 0 Å². The smallest absolute Gasteiger partial charge is 0.410 e. The molecule has 1 unspecified atom stereocenters. The number of nitrogens with one attached hydrogen (secondary N) is 2. The summed E-state index contributed by atoms with van der Waals surface area (Å²) in [7, 11) is -1.95. The number of hydrogen-bond acceptors (Lipinski definition) is 10. The van der Waals surface area contributed by atoms with Gasteiger partial charge in [0.2, 0.25) is 0 Å². The number of halogens is 3. The van der Waals surface area contributed by atoms with Crippen molar-refractivity contribution in [1.29, 1.82) is 0 Å². The molecule has 3 aromatic heterocycles. The third kappa shape index (κ3) is 14.2. The molecule has 0 radical (unpaired) electrons. The fraction of sp³-hybridized carbons (Fsp3) is 0.634. The first-order valence-corrected chi connectivity index (χ1v) is 26.8. The van der Waals surface area contributed by atoms with E-state index in [-0.39, 0.29) is 76.6 Å². The Kier molecular flexibility index (Phi) is 15.3. The number of carbonyl (C=O) groups is 1. The van der Waals surface area contributed by atoms with Crippen molar-refractivity contribution in [3.63, 3.8) is 0 Å². The minimum atomic E-state index is -4.60. The van der Waals surface area contributed by atoms with Gasteiger partial charge in [0, 0.05) is 72.0 Å². The van der Waals surface area contributed by atoms with Crippen molar-refractivity contribution in [1.82, 2.24) is 29.2 Å². The third-order valence-electron chi connectivity index (χ3n) is 10.4. The monoisotopic (exact) mass is 860 g/mol. The van der Waals surface area contributed by atoms with Crippen molar-refractivity contribution >= 4 is 39.8 Å². The zero-order valence-corrected chi connectivity index (χ0v) is 38.8. The first-order valence-electron chi connectivity index (χ1n) is 20.1. The normalized spacial score (nSPS) is 15.1. The van der Waals surface area contributed by atoms with Gasteiger partial charge in [-0.1, -0.05) is 52.3 Å². The van der Waals surface area contributed by atoms with Crippen LogP contribution in [-0.4, -0.2) is 95.8 Å². The SMILES string of the molecule is Cn1c(=O)c(-c2nccc(Nc3cc(NC(CCO[Si](C)(C)C(C)(C)C)C(F)(F)F)c(C#CC4CCN(C(=O)OC(C)(C)C)CC4)cn3)n2)cn1COCC[Si](C)(C)C. The number of carbonyl (C=O) groups excluding carboxylic acids is 1. The van der Waals surface area contributed by atoms with Crippen LogP contribution >= 0.6 is 0 Å². The summed E-state index contributed by atoms with van der Waals surface area (Å²) in [5, 5.41) is 5.63. The van der Waals surface area contributed by atoms with Crippen LogP contribution in [-0.2, 0) is 27.7 Å². The van der Waals surface area contributed by atoms with Gasteiger partial charge in [0.1, 0.15) is 35.6 Å². The molecule has 4 rings (SSSR count). The highest BCUT2D eigenvalue weighted by molar-refractivity contribution is 6.76. The molecule has 0 saturated carbocycles. The van der Waals surface area contributed by atoms with E-state index in [0.29, 0.717) is 32.5 Å². The van der Waals surface area contributed by atoms with Gasteiger partial charge < -0.3 is 29.4 Å². The van der Waals surface area contributed by atoms with Gasteiger partial charge in [-0.2, -0.15) is 13.2 Å². The van der Waals surface area contributed by atoms with Crippen LogP contribution in [0.2, 0.25) is 43.8 Å². The highest BCUT2D eigenvalue weighted by Gasteiger charge is 2.42. The molecule has 1 aliphatic rings. The number of likely N-dealkylation sites (tertiary alicyclic amines) is 1. The van der Waals surface area contributed by atoms with Crippen molar-refractivity contribution in [2.75, 3.05) is 36.9 Å². The highest BCUT2D eigenvalue weighted by Crippen LogP contribution is 2.37. The Balaban J connectivity index is 1.59. The van der Waals surface area contributed by atoms with E-state index in [1.165, 1.54) is 23.1 Å². The van der Waals surface area contributed by atoms with Crippen LogP contribution in [0.25, 0.3) is 11.4 Å². The van der Waals surface area contributed by atoms with Crippen LogP contribution in [0.1, 0.15) is 66.4 Å². The van der Waals surface area contributed by atoms with Crippen LogP contribution in [0.4, 0.5) is 35.3 Å². The molecule has 1 aliphatic heterocycles. The highest BCUT2D eigenvalue weighted by atomic mass is 28.4. The Morgan fingerprint density at radius 3 is 2.31 bits per heavy atom. The lowest BCUT2D eigenvalue weighted by molar-refractivity contribution is -0.145.